The molecule has 2 nitrogen and oxygen atoms in total. The van der Waals surface area contributed by atoms with Crippen molar-refractivity contribution in [2.75, 3.05) is 0 Å². The molecule has 0 unspecified atom stereocenters. The van der Waals surface area contributed by atoms with Gasteiger partial charge in [0.05, 0.1) is 0 Å². The molecule has 0 amide bonds. The van der Waals surface area contributed by atoms with E-state index >= 15 is 0 Å². The van der Waals surface area contributed by atoms with E-state index in [9.17, 15) is 9.59 Å². The summed E-state index contributed by atoms with van der Waals surface area (Å²) in [5.74, 6) is 0.391. The van der Waals surface area contributed by atoms with Gasteiger partial charge in [-0.2, -0.15) is 0 Å². The Morgan fingerprint density at radius 2 is 1.26 bits per heavy atom. The van der Waals surface area contributed by atoms with Gasteiger partial charge in [-0.1, -0.05) is 79.6 Å². The van der Waals surface area contributed by atoms with E-state index in [0.29, 0.717) is 17.0 Å². The molecular weight excluding hydrogens is 332 g/mol. The Morgan fingerprint density at radius 1 is 0.630 bits per heavy atom. The summed E-state index contributed by atoms with van der Waals surface area (Å²) in [5, 5.41) is 0. The van der Waals surface area contributed by atoms with E-state index in [0.717, 1.165) is 53.2 Å². The van der Waals surface area contributed by atoms with Gasteiger partial charge >= 0.3 is 0 Å². The van der Waals surface area contributed by atoms with Crippen molar-refractivity contribution in [2.45, 2.75) is 31.6 Å². The number of hydrogen-bond acceptors (Lipinski definition) is 2. The molecule has 1 fully saturated rings. The van der Waals surface area contributed by atoms with Crippen molar-refractivity contribution in [3.8, 4) is 22.3 Å². The Balaban J connectivity index is 1.91. The van der Waals surface area contributed by atoms with Crippen LogP contribution in [0.15, 0.2) is 66.7 Å². The minimum Gasteiger partial charge on any atom is -0.298 e. The van der Waals surface area contributed by atoms with Crippen LogP contribution in [0.25, 0.3) is 22.3 Å². The van der Waals surface area contributed by atoms with E-state index in [1.165, 1.54) is 12.8 Å². The largest absolute Gasteiger partial charge is 0.298 e. The first-order valence-corrected chi connectivity index (χ1v) is 9.55. The van der Waals surface area contributed by atoms with Crippen molar-refractivity contribution < 1.29 is 9.59 Å². The van der Waals surface area contributed by atoms with E-state index in [1.54, 1.807) is 0 Å². The minimum absolute atomic E-state index is 0.391. The fourth-order valence-corrected chi connectivity index (χ4v) is 4.33. The van der Waals surface area contributed by atoms with E-state index in [4.69, 9.17) is 0 Å². The van der Waals surface area contributed by atoms with Crippen LogP contribution in [0.1, 0.15) is 57.9 Å². The predicted molar refractivity (Wildman–Crippen MR) is 109 cm³/mol. The first-order chi connectivity index (χ1) is 13.3. The Labute approximate surface area is 159 Å². The molecular formula is C25H22O2. The van der Waals surface area contributed by atoms with Gasteiger partial charge in [0.25, 0.3) is 0 Å². The minimum atomic E-state index is 0.391. The van der Waals surface area contributed by atoms with Gasteiger partial charge in [0, 0.05) is 11.1 Å². The van der Waals surface area contributed by atoms with E-state index in [2.05, 4.69) is 24.3 Å². The molecule has 0 atom stereocenters. The molecule has 2 heteroatoms. The molecule has 1 aliphatic rings. The highest BCUT2D eigenvalue weighted by molar-refractivity contribution is 6.01. The van der Waals surface area contributed by atoms with Crippen molar-refractivity contribution in [3.05, 3.63) is 83.4 Å². The molecule has 0 saturated heterocycles. The Kier molecular flexibility index (Phi) is 4.97. The third-order valence-electron chi connectivity index (χ3n) is 5.65. The molecule has 3 aromatic rings. The number of carbonyl (C=O) groups excluding carboxylic acids is 2. The smallest absolute Gasteiger partial charge is 0.151 e. The normalized spacial score (nSPS) is 14.2. The Hall–Kier alpha value is -3.00. The van der Waals surface area contributed by atoms with Crippen LogP contribution in [0.2, 0.25) is 0 Å². The molecule has 0 spiro atoms. The molecule has 1 aliphatic carbocycles. The second-order valence-electron chi connectivity index (χ2n) is 7.16. The summed E-state index contributed by atoms with van der Waals surface area (Å²) in [4.78, 5) is 24.0. The highest BCUT2D eigenvalue weighted by atomic mass is 16.1. The third-order valence-corrected chi connectivity index (χ3v) is 5.65. The topological polar surface area (TPSA) is 34.1 Å². The van der Waals surface area contributed by atoms with Gasteiger partial charge in [0.2, 0.25) is 0 Å². The highest BCUT2D eigenvalue weighted by Crippen LogP contribution is 2.40. The fourth-order valence-electron chi connectivity index (χ4n) is 4.33. The van der Waals surface area contributed by atoms with Crippen LogP contribution >= 0.6 is 0 Å². The number of carbonyl (C=O) groups is 2. The molecule has 0 aromatic heterocycles. The van der Waals surface area contributed by atoms with Crippen molar-refractivity contribution in [1.82, 2.24) is 0 Å². The van der Waals surface area contributed by atoms with Crippen LogP contribution in [-0.2, 0) is 0 Å². The lowest BCUT2D eigenvalue weighted by Gasteiger charge is -2.18. The molecule has 134 valence electrons. The molecule has 0 bridgehead atoms. The second-order valence-corrected chi connectivity index (χ2v) is 7.16. The van der Waals surface area contributed by atoms with Gasteiger partial charge in [0.15, 0.2) is 12.6 Å². The lowest BCUT2D eigenvalue weighted by atomic mass is 9.85. The van der Waals surface area contributed by atoms with Crippen molar-refractivity contribution >= 4 is 12.6 Å². The van der Waals surface area contributed by atoms with Gasteiger partial charge in [-0.3, -0.25) is 9.59 Å². The maximum absolute atomic E-state index is 12.0. The van der Waals surface area contributed by atoms with Crippen molar-refractivity contribution in [2.24, 2.45) is 0 Å². The van der Waals surface area contributed by atoms with E-state index in [-0.39, 0.29) is 0 Å². The molecule has 1 saturated carbocycles. The summed E-state index contributed by atoms with van der Waals surface area (Å²) < 4.78 is 0. The number of aldehydes is 2. The second kappa shape index (κ2) is 7.71. The van der Waals surface area contributed by atoms with Gasteiger partial charge in [0.1, 0.15) is 0 Å². The van der Waals surface area contributed by atoms with Gasteiger partial charge in [-0.15, -0.1) is 0 Å². The summed E-state index contributed by atoms with van der Waals surface area (Å²) in [7, 11) is 0. The summed E-state index contributed by atoms with van der Waals surface area (Å²) >= 11 is 0. The Bertz CT molecular complexity index is 967. The van der Waals surface area contributed by atoms with Crippen LogP contribution < -0.4 is 0 Å². The summed E-state index contributed by atoms with van der Waals surface area (Å²) in [5.41, 5.74) is 6.07. The number of rotatable bonds is 5. The zero-order valence-corrected chi connectivity index (χ0v) is 15.2. The standard InChI is InChI=1S/C25H22O2/c26-16-24-21(19-10-4-5-11-19)14-15-23(25(24)17-27)22-13-7-6-12-20(22)18-8-2-1-3-9-18/h1-3,6-9,12-17,19H,4-5,10-11H2. The summed E-state index contributed by atoms with van der Waals surface area (Å²) in [6.07, 6.45) is 6.29. The molecule has 0 radical (unpaired) electrons. The molecule has 0 heterocycles. The van der Waals surface area contributed by atoms with Crippen molar-refractivity contribution in [3.63, 3.8) is 0 Å². The lowest BCUT2D eigenvalue weighted by molar-refractivity contribution is 0.109. The summed E-state index contributed by atoms with van der Waals surface area (Å²) in [6, 6.07) is 22.3. The predicted octanol–water partition coefficient (Wildman–Crippen LogP) is 6.30. The summed E-state index contributed by atoms with van der Waals surface area (Å²) in [6.45, 7) is 0. The quantitative estimate of drug-likeness (QED) is 0.504. The monoisotopic (exact) mass is 354 g/mol. The average molecular weight is 354 g/mol. The Morgan fingerprint density at radius 3 is 1.93 bits per heavy atom. The zero-order chi connectivity index (χ0) is 18.6. The molecule has 0 aliphatic heterocycles. The molecule has 0 N–H and O–H groups in total. The van der Waals surface area contributed by atoms with Crippen LogP contribution in [0.5, 0.6) is 0 Å². The number of benzene rings is 3. The van der Waals surface area contributed by atoms with Crippen LogP contribution in [0.3, 0.4) is 0 Å². The molecule has 3 aromatic carbocycles. The van der Waals surface area contributed by atoms with Crippen LogP contribution in [0, 0.1) is 0 Å². The van der Waals surface area contributed by atoms with Gasteiger partial charge in [-0.25, -0.2) is 0 Å². The highest BCUT2D eigenvalue weighted by Gasteiger charge is 2.23. The zero-order valence-electron chi connectivity index (χ0n) is 15.2. The third kappa shape index (κ3) is 3.23. The first-order valence-electron chi connectivity index (χ1n) is 9.55. The number of hydrogen-bond donors (Lipinski definition) is 0. The molecule has 4 rings (SSSR count). The maximum atomic E-state index is 12.0. The first kappa shape index (κ1) is 17.4. The lowest BCUT2D eigenvalue weighted by Crippen LogP contribution is -2.04. The molecule has 27 heavy (non-hydrogen) atoms. The SMILES string of the molecule is O=Cc1c(-c2ccccc2-c2ccccc2)ccc(C2CCCC2)c1C=O. The van der Waals surface area contributed by atoms with Crippen molar-refractivity contribution in [1.29, 1.82) is 0 Å². The van der Waals surface area contributed by atoms with E-state index < -0.39 is 0 Å². The average Bonchev–Trinajstić information content (AvgIpc) is 3.28. The van der Waals surface area contributed by atoms with Crippen LogP contribution in [-0.4, -0.2) is 12.6 Å². The van der Waals surface area contributed by atoms with Gasteiger partial charge in [-0.05, 0) is 46.6 Å². The maximum Gasteiger partial charge on any atom is 0.151 e. The van der Waals surface area contributed by atoms with E-state index in [1.807, 2.05) is 42.5 Å². The van der Waals surface area contributed by atoms with Crippen LogP contribution in [0.4, 0.5) is 0 Å². The fraction of sp³-hybridized carbons (Fsp3) is 0.200. The van der Waals surface area contributed by atoms with Gasteiger partial charge < -0.3 is 0 Å².